The minimum absolute atomic E-state index is 0.0841. The SMILES string of the molecule is Cc1ccc(F)c(C(=O)c2c[nH]c3cc(Cl)ccc23)c1. The number of carbonyl (C=O) groups is 1. The maximum atomic E-state index is 13.8. The lowest BCUT2D eigenvalue weighted by molar-refractivity contribution is 0.103. The van der Waals surface area contributed by atoms with Crippen LogP contribution in [0, 0.1) is 12.7 Å². The van der Waals surface area contributed by atoms with Crippen molar-refractivity contribution in [3.8, 4) is 0 Å². The van der Waals surface area contributed by atoms with Crippen LogP contribution in [0.15, 0.2) is 42.6 Å². The third kappa shape index (κ3) is 2.10. The molecule has 0 saturated heterocycles. The topological polar surface area (TPSA) is 32.9 Å². The van der Waals surface area contributed by atoms with E-state index in [1.165, 1.54) is 6.07 Å². The fourth-order valence-electron chi connectivity index (χ4n) is 2.24. The summed E-state index contributed by atoms with van der Waals surface area (Å²) in [6, 6.07) is 9.72. The van der Waals surface area contributed by atoms with Crippen LogP contribution in [-0.2, 0) is 0 Å². The summed E-state index contributed by atoms with van der Waals surface area (Å²) < 4.78 is 13.8. The number of H-pyrrole nitrogens is 1. The van der Waals surface area contributed by atoms with E-state index >= 15 is 0 Å². The number of aryl methyl sites for hydroxylation is 1. The number of aromatic nitrogens is 1. The van der Waals surface area contributed by atoms with Gasteiger partial charge < -0.3 is 4.98 Å². The first-order valence-corrected chi connectivity index (χ1v) is 6.51. The Balaban J connectivity index is 2.15. The molecule has 0 fully saturated rings. The van der Waals surface area contributed by atoms with E-state index < -0.39 is 5.82 Å². The molecular formula is C16H11ClFNO. The molecule has 3 rings (SSSR count). The van der Waals surface area contributed by atoms with Crippen molar-refractivity contribution in [1.29, 1.82) is 0 Å². The third-order valence-electron chi connectivity index (χ3n) is 3.25. The van der Waals surface area contributed by atoms with Crippen LogP contribution in [-0.4, -0.2) is 10.8 Å². The van der Waals surface area contributed by atoms with Crippen LogP contribution in [0.3, 0.4) is 0 Å². The van der Waals surface area contributed by atoms with Crippen molar-refractivity contribution in [2.24, 2.45) is 0 Å². The highest BCUT2D eigenvalue weighted by molar-refractivity contribution is 6.31. The molecule has 2 aromatic carbocycles. The van der Waals surface area contributed by atoms with E-state index in [9.17, 15) is 9.18 Å². The van der Waals surface area contributed by atoms with Gasteiger partial charge in [0.1, 0.15) is 5.82 Å². The molecule has 0 aliphatic rings. The second kappa shape index (κ2) is 4.76. The maximum Gasteiger partial charge on any atom is 0.198 e. The number of rotatable bonds is 2. The van der Waals surface area contributed by atoms with Crippen molar-refractivity contribution in [1.82, 2.24) is 4.98 Å². The van der Waals surface area contributed by atoms with Crippen molar-refractivity contribution < 1.29 is 9.18 Å². The van der Waals surface area contributed by atoms with Crippen LogP contribution >= 0.6 is 11.6 Å². The van der Waals surface area contributed by atoms with Crippen molar-refractivity contribution in [3.05, 3.63) is 70.1 Å². The Morgan fingerprint density at radius 3 is 2.75 bits per heavy atom. The standard InChI is InChI=1S/C16H11ClFNO/c1-9-2-5-14(18)12(6-9)16(20)13-8-19-15-7-10(17)3-4-11(13)15/h2-8,19H,1H3. The number of benzene rings is 2. The number of halogens is 2. The lowest BCUT2D eigenvalue weighted by Crippen LogP contribution is -2.04. The van der Waals surface area contributed by atoms with Gasteiger partial charge in [0.25, 0.3) is 0 Å². The predicted molar refractivity (Wildman–Crippen MR) is 77.9 cm³/mol. The summed E-state index contributed by atoms with van der Waals surface area (Å²) in [5, 5.41) is 1.32. The molecule has 0 aliphatic carbocycles. The van der Waals surface area contributed by atoms with Gasteiger partial charge in [-0.1, -0.05) is 29.3 Å². The van der Waals surface area contributed by atoms with Crippen LogP contribution in [0.1, 0.15) is 21.5 Å². The lowest BCUT2D eigenvalue weighted by Gasteiger charge is -2.03. The molecule has 0 unspecified atom stereocenters. The number of aromatic amines is 1. The highest BCUT2D eigenvalue weighted by atomic mass is 35.5. The largest absolute Gasteiger partial charge is 0.360 e. The average Bonchev–Trinajstić information content (AvgIpc) is 2.83. The van der Waals surface area contributed by atoms with E-state index in [2.05, 4.69) is 4.98 Å². The Morgan fingerprint density at radius 2 is 1.95 bits per heavy atom. The zero-order valence-electron chi connectivity index (χ0n) is 10.7. The fraction of sp³-hybridized carbons (Fsp3) is 0.0625. The number of hydrogen-bond acceptors (Lipinski definition) is 1. The Kier molecular flexibility index (Phi) is 3.07. The van der Waals surface area contributed by atoms with Crippen LogP contribution in [0.4, 0.5) is 4.39 Å². The Hall–Kier alpha value is -2.13. The van der Waals surface area contributed by atoms with Gasteiger partial charge >= 0.3 is 0 Å². The summed E-state index contributed by atoms with van der Waals surface area (Å²) in [5.41, 5.74) is 2.13. The van der Waals surface area contributed by atoms with Gasteiger partial charge in [-0.3, -0.25) is 4.79 Å². The summed E-state index contributed by atoms with van der Waals surface area (Å²) in [6.07, 6.45) is 1.59. The number of carbonyl (C=O) groups excluding carboxylic acids is 1. The molecule has 0 saturated carbocycles. The molecule has 0 spiro atoms. The molecule has 1 N–H and O–H groups in total. The van der Waals surface area contributed by atoms with Crippen LogP contribution in [0.5, 0.6) is 0 Å². The van der Waals surface area contributed by atoms with Gasteiger partial charge in [0, 0.05) is 27.7 Å². The molecule has 100 valence electrons. The predicted octanol–water partition coefficient (Wildman–Crippen LogP) is 4.50. The van der Waals surface area contributed by atoms with Gasteiger partial charge in [-0.15, -0.1) is 0 Å². The molecule has 2 nitrogen and oxygen atoms in total. The van der Waals surface area contributed by atoms with E-state index in [1.54, 1.807) is 36.5 Å². The molecule has 20 heavy (non-hydrogen) atoms. The van der Waals surface area contributed by atoms with Gasteiger partial charge in [-0.2, -0.15) is 0 Å². The van der Waals surface area contributed by atoms with E-state index in [0.717, 1.165) is 16.5 Å². The maximum absolute atomic E-state index is 13.8. The normalized spacial score (nSPS) is 10.9. The Bertz CT molecular complexity index is 822. The quantitative estimate of drug-likeness (QED) is 0.692. The summed E-state index contributed by atoms with van der Waals surface area (Å²) >= 11 is 5.91. The summed E-state index contributed by atoms with van der Waals surface area (Å²) in [5.74, 6) is -0.844. The fourth-order valence-corrected chi connectivity index (χ4v) is 2.42. The smallest absolute Gasteiger partial charge is 0.198 e. The first kappa shape index (κ1) is 12.9. The van der Waals surface area contributed by atoms with Gasteiger partial charge in [0.05, 0.1) is 5.56 Å². The zero-order valence-corrected chi connectivity index (χ0v) is 11.5. The van der Waals surface area contributed by atoms with E-state index in [4.69, 9.17) is 11.6 Å². The minimum atomic E-state index is -0.510. The molecule has 4 heteroatoms. The van der Waals surface area contributed by atoms with Crippen molar-refractivity contribution >= 4 is 28.3 Å². The number of ketones is 1. The molecule has 0 amide bonds. The van der Waals surface area contributed by atoms with Crippen molar-refractivity contribution in [3.63, 3.8) is 0 Å². The Morgan fingerprint density at radius 1 is 1.15 bits per heavy atom. The van der Waals surface area contributed by atoms with Crippen LogP contribution < -0.4 is 0 Å². The van der Waals surface area contributed by atoms with Gasteiger partial charge in [-0.25, -0.2) is 4.39 Å². The highest BCUT2D eigenvalue weighted by Gasteiger charge is 2.17. The van der Waals surface area contributed by atoms with E-state index in [-0.39, 0.29) is 11.3 Å². The van der Waals surface area contributed by atoms with Crippen LogP contribution in [0.25, 0.3) is 10.9 Å². The molecule has 0 bridgehead atoms. The van der Waals surface area contributed by atoms with E-state index in [1.807, 2.05) is 6.92 Å². The molecule has 0 aliphatic heterocycles. The lowest BCUT2D eigenvalue weighted by atomic mass is 10.0. The number of nitrogens with one attached hydrogen (secondary N) is 1. The summed E-state index contributed by atoms with van der Waals surface area (Å²) in [4.78, 5) is 15.5. The average molecular weight is 288 g/mol. The van der Waals surface area contributed by atoms with Gasteiger partial charge in [-0.05, 0) is 31.2 Å². The van der Waals surface area contributed by atoms with Gasteiger partial charge in [0.2, 0.25) is 0 Å². The molecular weight excluding hydrogens is 277 g/mol. The monoisotopic (exact) mass is 287 g/mol. The number of fused-ring (bicyclic) bond motifs is 1. The minimum Gasteiger partial charge on any atom is -0.360 e. The Labute approximate surface area is 120 Å². The van der Waals surface area contributed by atoms with Crippen molar-refractivity contribution in [2.45, 2.75) is 6.92 Å². The molecule has 3 aromatic rings. The number of hydrogen-bond donors (Lipinski definition) is 1. The first-order valence-electron chi connectivity index (χ1n) is 6.14. The summed E-state index contributed by atoms with van der Waals surface area (Å²) in [7, 11) is 0. The van der Waals surface area contributed by atoms with Crippen LogP contribution in [0.2, 0.25) is 5.02 Å². The molecule has 0 atom stereocenters. The summed E-state index contributed by atoms with van der Waals surface area (Å²) in [6.45, 7) is 1.82. The zero-order chi connectivity index (χ0) is 14.3. The molecule has 1 heterocycles. The second-order valence-electron chi connectivity index (χ2n) is 4.70. The molecule has 0 radical (unpaired) electrons. The third-order valence-corrected chi connectivity index (χ3v) is 3.49. The van der Waals surface area contributed by atoms with E-state index in [0.29, 0.717) is 10.6 Å². The molecule has 1 aromatic heterocycles. The first-order chi connectivity index (χ1) is 9.56. The second-order valence-corrected chi connectivity index (χ2v) is 5.14. The van der Waals surface area contributed by atoms with Crippen molar-refractivity contribution in [2.75, 3.05) is 0 Å². The highest BCUT2D eigenvalue weighted by Crippen LogP contribution is 2.25. The van der Waals surface area contributed by atoms with Gasteiger partial charge in [0.15, 0.2) is 5.78 Å².